The molecule has 1 aromatic heterocycles. The van der Waals surface area contributed by atoms with Crippen molar-refractivity contribution in [3.05, 3.63) is 64.5 Å². The third-order valence-corrected chi connectivity index (χ3v) is 6.20. The highest BCUT2D eigenvalue weighted by Gasteiger charge is 2.46. The minimum atomic E-state index is -0.746. The number of aryl methyl sites for hydroxylation is 2. The zero-order valence-corrected chi connectivity index (χ0v) is 19.1. The number of aromatic hydroxyl groups is 1. The van der Waals surface area contributed by atoms with Gasteiger partial charge >= 0.3 is 0 Å². The van der Waals surface area contributed by atoms with Gasteiger partial charge in [-0.15, -0.1) is 0 Å². The van der Waals surface area contributed by atoms with Gasteiger partial charge in [0.15, 0.2) is 0 Å². The van der Waals surface area contributed by atoms with Crippen molar-refractivity contribution in [2.45, 2.75) is 40.2 Å². The van der Waals surface area contributed by atoms with E-state index in [0.29, 0.717) is 18.5 Å². The Morgan fingerprint density at radius 2 is 1.72 bits per heavy atom. The Morgan fingerprint density at radius 1 is 1.09 bits per heavy atom. The third kappa shape index (κ3) is 4.53. The van der Waals surface area contributed by atoms with Crippen LogP contribution in [0.1, 0.15) is 48.6 Å². The zero-order chi connectivity index (χ0) is 23.4. The molecule has 0 spiro atoms. The average molecular weight is 438 g/mol. The molecule has 2 heterocycles. The molecule has 1 aliphatic heterocycles. The monoisotopic (exact) mass is 437 g/mol. The Morgan fingerprint density at radius 3 is 2.34 bits per heavy atom. The van der Waals surface area contributed by atoms with Gasteiger partial charge in [-0.1, -0.05) is 13.8 Å². The van der Waals surface area contributed by atoms with Crippen LogP contribution in [0.25, 0.3) is 5.76 Å². The number of aliphatic hydroxyl groups excluding tert-OH is 1. The van der Waals surface area contributed by atoms with Crippen LogP contribution in [0.15, 0.2) is 42.2 Å². The molecule has 0 saturated carbocycles. The van der Waals surface area contributed by atoms with Crippen LogP contribution in [0.2, 0.25) is 0 Å². The maximum absolute atomic E-state index is 13.1. The molecule has 0 radical (unpaired) electrons. The first kappa shape index (κ1) is 23.5. The molecule has 7 heteroatoms. The minimum absolute atomic E-state index is 0.0115. The fourth-order valence-corrected chi connectivity index (χ4v) is 4.14. The summed E-state index contributed by atoms with van der Waals surface area (Å²) in [6.07, 6.45) is 3.89. The van der Waals surface area contributed by atoms with Gasteiger partial charge in [-0.2, -0.15) is 0 Å². The summed E-state index contributed by atoms with van der Waals surface area (Å²) in [6.45, 7) is 10.9. The smallest absolute Gasteiger partial charge is 0.295 e. The number of benzene rings is 1. The highest BCUT2D eigenvalue weighted by Crippen LogP contribution is 2.41. The molecule has 7 nitrogen and oxygen atoms in total. The summed E-state index contributed by atoms with van der Waals surface area (Å²) >= 11 is 0. The summed E-state index contributed by atoms with van der Waals surface area (Å²) in [5, 5.41) is 21.6. The molecule has 0 aliphatic carbocycles. The van der Waals surface area contributed by atoms with Gasteiger partial charge in [-0.25, -0.2) is 0 Å². The fraction of sp³-hybridized carbons (Fsp3) is 0.400. The van der Waals surface area contributed by atoms with Gasteiger partial charge in [0.25, 0.3) is 11.7 Å². The predicted octanol–water partition coefficient (Wildman–Crippen LogP) is 3.56. The van der Waals surface area contributed by atoms with E-state index >= 15 is 0 Å². The molecule has 1 unspecified atom stereocenters. The van der Waals surface area contributed by atoms with Gasteiger partial charge < -0.3 is 20.0 Å². The summed E-state index contributed by atoms with van der Waals surface area (Å²) in [5.41, 5.74) is 2.54. The Hall–Kier alpha value is -3.19. The summed E-state index contributed by atoms with van der Waals surface area (Å²) in [4.78, 5) is 33.9. The van der Waals surface area contributed by atoms with E-state index in [1.165, 1.54) is 4.90 Å². The lowest BCUT2D eigenvalue weighted by molar-refractivity contribution is -0.140. The number of carbonyl (C=O) groups is 2. The van der Waals surface area contributed by atoms with E-state index in [1.807, 2.05) is 13.8 Å². The van der Waals surface area contributed by atoms with Crippen molar-refractivity contribution in [1.29, 1.82) is 0 Å². The molecule has 1 amide bonds. The zero-order valence-electron chi connectivity index (χ0n) is 19.1. The molecule has 1 atom stereocenters. The van der Waals surface area contributed by atoms with Crippen molar-refractivity contribution in [2.75, 3.05) is 26.2 Å². The molecule has 32 heavy (non-hydrogen) atoms. The summed E-state index contributed by atoms with van der Waals surface area (Å²) in [6, 6.07) is 5.92. The van der Waals surface area contributed by atoms with Crippen molar-refractivity contribution in [2.24, 2.45) is 0 Å². The van der Waals surface area contributed by atoms with E-state index in [0.717, 1.165) is 30.8 Å². The van der Waals surface area contributed by atoms with Gasteiger partial charge in [0, 0.05) is 18.9 Å². The number of hydrogen-bond donors (Lipinski definition) is 2. The van der Waals surface area contributed by atoms with Gasteiger partial charge in [0.2, 0.25) is 0 Å². The third-order valence-electron chi connectivity index (χ3n) is 6.20. The molecule has 2 aromatic rings. The number of pyridine rings is 1. The van der Waals surface area contributed by atoms with Crippen molar-refractivity contribution in [1.82, 2.24) is 14.8 Å². The van der Waals surface area contributed by atoms with Crippen LogP contribution in [0.5, 0.6) is 5.75 Å². The summed E-state index contributed by atoms with van der Waals surface area (Å²) in [5.74, 6) is -1.88. The van der Waals surface area contributed by atoms with E-state index in [-0.39, 0.29) is 22.6 Å². The number of likely N-dealkylation sites (tertiary alicyclic amines) is 1. The molecular formula is C25H31N3O4. The number of carbonyl (C=O) groups excluding carboxylic acids is 2. The van der Waals surface area contributed by atoms with Crippen LogP contribution in [-0.2, 0) is 9.59 Å². The molecule has 170 valence electrons. The Bertz CT molecular complexity index is 1030. The Balaban J connectivity index is 2.06. The first-order valence-corrected chi connectivity index (χ1v) is 11.0. The molecule has 2 N–H and O–H groups in total. The summed E-state index contributed by atoms with van der Waals surface area (Å²) in [7, 11) is 0. The van der Waals surface area contributed by atoms with Gasteiger partial charge in [0.05, 0.1) is 17.2 Å². The van der Waals surface area contributed by atoms with Crippen molar-refractivity contribution in [3.8, 4) is 5.75 Å². The van der Waals surface area contributed by atoms with Crippen LogP contribution in [-0.4, -0.2) is 62.9 Å². The number of aromatic nitrogens is 1. The number of ketones is 1. The normalized spacial score (nSPS) is 18.0. The minimum Gasteiger partial charge on any atom is -0.507 e. The second-order valence-corrected chi connectivity index (χ2v) is 8.11. The van der Waals surface area contributed by atoms with E-state index in [2.05, 4.69) is 23.7 Å². The lowest BCUT2D eigenvalue weighted by atomic mass is 9.94. The number of aliphatic hydroxyl groups is 1. The van der Waals surface area contributed by atoms with Crippen molar-refractivity contribution in [3.63, 3.8) is 0 Å². The molecule has 1 aromatic carbocycles. The number of phenolic OH excluding ortho intramolecular Hbond substituents is 1. The number of nitrogens with zero attached hydrogens (tertiary/aromatic N) is 3. The maximum atomic E-state index is 13.1. The molecule has 1 aliphatic rings. The lowest BCUT2D eigenvalue weighted by Crippen LogP contribution is -2.33. The molecule has 3 rings (SSSR count). The second-order valence-electron chi connectivity index (χ2n) is 8.11. The summed E-state index contributed by atoms with van der Waals surface area (Å²) < 4.78 is 0. The van der Waals surface area contributed by atoms with E-state index in [9.17, 15) is 19.8 Å². The van der Waals surface area contributed by atoms with E-state index in [4.69, 9.17) is 0 Å². The maximum Gasteiger partial charge on any atom is 0.295 e. The molecule has 1 fully saturated rings. The van der Waals surface area contributed by atoms with Crippen LogP contribution < -0.4 is 0 Å². The number of Topliss-reactive ketones (excluding diaryl/α,β-unsaturated/α-hetero) is 1. The van der Waals surface area contributed by atoms with Crippen LogP contribution in [0, 0.1) is 13.8 Å². The first-order chi connectivity index (χ1) is 15.3. The van der Waals surface area contributed by atoms with Crippen molar-refractivity contribution >= 4 is 17.4 Å². The highest BCUT2D eigenvalue weighted by molar-refractivity contribution is 6.46. The SMILES string of the molecule is CCN(CC)CCCN1C(=O)C(=O)C(=C(O)c2cc(C)c(C)cc2O)C1c1ccncc1. The largest absolute Gasteiger partial charge is 0.507 e. The standard InChI is InChI=1S/C25H31N3O4/c1-5-27(6-2)12-7-13-28-22(18-8-10-26-11-9-18)21(24(31)25(28)32)23(30)19-14-16(3)17(4)15-20(19)29/h8-11,14-15,22,29-30H,5-7,12-13H2,1-4H3. The van der Waals surface area contributed by atoms with Crippen molar-refractivity contribution < 1.29 is 19.8 Å². The molecule has 0 bridgehead atoms. The van der Waals surface area contributed by atoms with Gasteiger partial charge in [-0.3, -0.25) is 14.6 Å². The number of rotatable bonds is 8. The van der Waals surface area contributed by atoms with Crippen LogP contribution >= 0.6 is 0 Å². The highest BCUT2D eigenvalue weighted by atomic mass is 16.3. The van der Waals surface area contributed by atoms with Crippen LogP contribution in [0.3, 0.4) is 0 Å². The predicted molar refractivity (Wildman–Crippen MR) is 123 cm³/mol. The molecular weight excluding hydrogens is 406 g/mol. The number of phenols is 1. The Kier molecular flexibility index (Phi) is 7.30. The average Bonchev–Trinajstić information content (AvgIpc) is 3.04. The van der Waals surface area contributed by atoms with E-state index in [1.54, 1.807) is 36.7 Å². The lowest BCUT2D eigenvalue weighted by Gasteiger charge is -2.26. The Labute approximate surface area is 189 Å². The van der Waals surface area contributed by atoms with Crippen LogP contribution in [0.4, 0.5) is 0 Å². The second kappa shape index (κ2) is 9.96. The number of hydrogen-bond acceptors (Lipinski definition) is 6. The molecule has 1 saturated heterocycles. The quantitative estimate of drug-likeness (QED) is 0.373. The first-order valence-electron chi connectivity index (χ1n) is 11.0. The van der Waals surface area contributed by atoms with Gasteiger partial charge in [0.1, 0.15) is 11.5 Å². The topological polar surface area (TPSA) is 94.0 Å². The number of amides is 1. The van der Waals surface area contributed by atoms with Gasteiger partial charge in [-0.05, 0) is 80.9 Å². The van der Waals surface area contributed by atoms with E-state index < -0.39 is 17.7 Å². The fourth-order valence-electron chi connectivity index (χ4n) is 4.14.